The lowest BCUT2D eigenvalue weighted by atomic mass is 9.83. The van der Waals surface area contributed by atoms with Gasteiger partial charge in [-0.3, -0.25) is 4.68 Å². The number of rotatable bonds is 3. The molecule has 0 bridgehead atoms. The molecule has 102 valence electrons. The van der Waals surface area contributed by atoms with Crippen LogP contribution in [0.3, 0.4) is 0 Å². The first-order valence-corrected chi connectivity index (χ1v) is 8.35. The number of fused-ring (bicyclic) bond motifs is 1. The molecule has 0 radical (unpaired) electrons. The zero-order valence-electron chi connectivity index (χ0n) is 10.8. The van der Waals surface area contributed by atoms with E-state index in [1.54, 1.807) is 6.20 Å². The summed E-state index contributed by atoms with van der Waals surface area (Å²) in [7, 11) is 0. The van der Waals surface area contributed by atoms with Crippen LogP contribution in [0.2, 0.25) is 0 Å². The highest BCUT2D eigenvalue weighted by Crippen LogP contribution is 2.43. The summed E-state index contributed by atoms with van der Waals surface area (Å²) < 4.78 is 2.79. The van der Waals surface area contributed by atoms with Crippen molar-refractivity contribution < 1.29 is 5.11 Å². The van der Waals surface area contributed by atoms with Crippen LogP contribution in [0, 0.1) is 0 Å². The van der Waals surface area contributed by atoms with Crippen molar-refractivity contribution in [2.45, 2.75) is 44.8 Å². The molecule has 0 spiro atoms. The van der Waals surface area contributed by atoms with Crippen LogP contribution in [0.15, 0.2) is 22.1 Å². The molecule has 2 aromatic rings. The minimum absolute atomic E-state index is 0.202. The fraction of sp³-hybridized carbons (Fsp3) is 0.500. The van der Waals surface area contributed by atoms with Crippen LogP contribution in [-0.4, -0.2) is 14.9 Å². The Kier molecular flexibility index (Phi) is 3.78. The van der Waals surface area contributed by atoms with Gasteiger partial charge in [-0.25, -0.2) is 0 Å². The first-order valence-electron chi connectivity index (χ1n) is 6.68. The van der Waals surface area contributed by atoms with Gasteiger partial charge >= 0.3 is 0 Å². The molecule has 1 aliphatic carbocycles. The van der Waals surface area contributed by atoms with Gasteiger partial charge in [0.1, 0.15) is 6.10 Å². The first-order chi connectivity index (χ1) is 9.22. The Balaban J connectivity index is 1.97. The molecule has 2 heterocycles. The van der Waals surface area contributed by atoms with E-state index in [2.05, 4.69) is 32.5 Å². The molecule has 19 heavy (non-hydrogen) atoms. The predicted molar refractivity (Wildman–Crippen MR) is 80.6 cm³/mol. The van der Waals surface area contributed by atoms with E-state index in [0.29, 0.717) is 0 Å². The molecule has 0 saturated heterocycles. The van der Waals surface area contributed by atoms with Gasteiger partial charge in [0.15, 0.2) is 0 Å². The molecule has 0 saturated carbocycles. The van der Waals surface area contributed by atoms with Gasteiger partial charge in [0.2, 0.25) is 0 Å². The van der Waals surface area contributed by atoms with E-state index >= 15 is 0 Å². The molecule has 2 atom stereocenters. The number of aromatic nitrogens is 2. The number of thiophene rings is 1. The van der Waals surface area contributed by atoms with Gasteiger partial charge in [-0.15, -0.1) is 11.3 Å². The van der Waals surface area contributed by atoms with E-state index in [1.807, 2.05) is 22.9 Å². The number of aliphatic hydroxyl groups excluding tert-OH is 1. The number of halogens is 1. The molecule has 1 aliphatic rings. The third-order valence-corrected chi connectivity index (χ3v) is 5.50. The van der Waals surface area contributed by atoms with Crippen LogP contribution < -0.4 is 0 Å². The maximum absolute atomic E-state index is 10.8. The third kappa shape index (κ3) is 2.28. The molecular weight excluding hydrogens is 324 g/mol. The van der Waals surface area contributed by atoms with Crippen LogP contribution in [0.4, 0.5) is 0 Å². The summed E-state index contributed by atoms with van der Waals surface area (Å²) in [5.74, 6) is 0.202. The van der Waals surface area contributed by atoms with E-state index in [1.165, 1.54) is 10.4 Å². The molecule has 2 aromatic heterocycles. The third-order valence-electron chi connectivity index (χ3n) is 3.89. The molecule has 0 aliphatic heterocycles. The molecule has 0 aromatic carbocycles. The van der Waals surface area contributed by atoms with Crippen LogP contribution >= 0.6 is 27.3 Å². The van der Waals surface area contributed by atoms with Gasteiger partial charge < -0.3 is 5.11 Å². The van der Waals surface area contributed by atoms with Gasteiger partial charge in [0, 0.05) is 17.3 Å². The highest BCUT2D eigenvalue weighted by Gasteiger charge is 2.31. The molecule has 3 nitrogen and oxygen atoms in total. The van der Waals surface area contributed by atoms with Crippen molar-refractivity contribution >= 4 is 27.3 Å². The summed E-state index contributed by atoms with van der Waals surface area (Å²) >= 11 is 5.33. The van der Waals surface area contributed by atoms with Crippen LogP contribution in [0.25, 0.3) is 0 Å². The topological polar surface area (TPSA) is 38.0 Å². The lowest BCUT2D eigenvalue weighted by Crippen LogP contribution is -2.19. The zero-order valence-corrected chi connectivity index (χ0v) is 13.2. The summed E-state index contributed by atoms with van der Waals surface area (Å²) in [6.45, 7) is 2.83. The average molecular weight is 341 g/mol. The molecule has 0 amide bonds. The van der Waals surface area contributed by atoms with E-state index in [-0.39, 0.29) is 5.92 Å². The van der Waals surface area contributed by atoms with Crippen molar-refractivity contribution in [2.24, 2.45) is 0 Å². The normalized spacial score (nSPS) is 20.3. The Morgan fingerprint density at radius 2 is 2.47 bits per heavy atom. The van der Waals surface area contributed by atoms with E-state index in [0.717, 1.165) is 36.0 Å². The second-order valence-corrected chi connectivity index (χ2v) is 6.79. The summed E-state index contributed by atoms with van der Waals surface area (Å²) in [6, 6.07) is 2.17. The van der Waals surface area contributed by atoms with Gasteiger partial charge in [-0.05, 0) is 59.1 Å². The molecule has 2 unspecified atom stereocenters. The number of aliphatic hydroxyl groups is 1. The molecule has 1 N–H and O–H groups in total. The lowest BCUT2D eigenvalue weighted by molar-refractivity contribution is 0.126. The quantitative estimate of drug-likeness (QED) is 0.920. The maximum atomic E-state index is 10.8. The SMILES string of the molecule is CCn1ncc(Br)c1C(O)C1CCCc2sccc21. The summed E-state index contributed by atoms with van der Waals surface area (Å²) in [5.41, 5.74) is 2.24. The second-order valence-electron chi connectivity index (χ2n) is 4.94. The van der Waals surface area contributed by atoms with Gasteiger partial charge in [-0.2, -0.15) is 5.10 Å². The van der Waals surface area contributed by atoms with E-state index < -0.39 is 6.10 Å². The highest BCUT2D eigenvalue weighted by atomic mass is 79.9. The summed E-state index contributed by atoms with van der Waals surface area (Å²) in [6.07, 6.45) is 4.66. The van der Waals surface area contributed by atoms with Crippen molar-refractivity contribution in [3.8, 4) is 0 Å². The number of hydrogen-bond donors (Lipinski definition) is 1. The number of hydrogen-bond acceptors (Lipinski definition) is 3. The number of nitrogens with zero attached hydrogens (tertiary/aromatic N) is 2. The van der Waals surface area contributed by atoms with Gasteiger partial charge in [0.05, 0.1) is 16.4 Å². The van der Waals surface area contributed by atoms with Crippen LogP contribution in [0.5, 0.6) is 0 Å². The lowest BCUT2D eigenvalue weighted by Gasteiger charge is -2.28. The Labute approximate surface area is 125 Å². The van der Waals surface area contributed by atoms with Crippen molar-refractivity contribution in [3.63, 3.8) is 0 Å². The summed E-state index contributed by atoms with van der Waals surface area (Å²) in [4.78, 5) is 1.44. The monoisotopic (exact) mass is 340 g/mol. The average Bonchev–Trinajstić information content (AvgIpc) is 3.03. The second kappa shape index (κ2) is 5.38. The number of aryl methyl sites for hydroxylation is 2. The Hall–Kier alpha value is -0.650. The highest BCUT2D eigenvalue weighted by molar-refractivity contribution is 9.10. The van der Waals surface area contributed by atoms with Crippen molar-refractivity contribution in [1.82, 2.24) is 9.78 Å². The predicted octanol–water partition coefficient (Wildman–Crippen LogP) is 3.88. The Bertz CT molecular complexity index is 578. The van der Waals surface area contributed by atoms with Crippen molar-refractivity contribution in [2.75, 3.05) is 0 Å². The van der Waals surface area contributed by atoms with Gasteiger partial charge in [-0.1, -0.05) is 0 Å². The van der Waals surface area contributed by atoms with E-state index in [4.69, 9.17) is 0 Å². The minimum atomic E-state index is -0.481. The molecule has 5 heteroatoms. The fourth-order valence-electron chi connectivity index (χ4n) is 2.96. The Morgan fingerprint density at radius 3 is 3.26 bits per heavy atom. The largest absolute Gasteiger partial charge is 0.386 e. The smallest absolute Gasteiger partial charge is 0.104 e. The molecule has 3 rings (SSSR count). The zero-order chi connectivity index (χ0) is 13.4. The van der Waals surface area contributed by atoms with Crippen molar-refractivity contribution in [1.29, 1.82) is 0 Å². The van der Waals surface area contributed by atoms with Gasteiger partial charge in [0.25, 0.3) is 0 Å². The fourth-order valence-corrected chi connectivity index (χ4v) is 4.49. The molecular formula is C14H17BrN2OS. The minimum Gasteiger partial charge on any atom is -0.386 e. The first kappa shape index (κ1) is 13.3. The maximum Gasteiger partial charge on any atom is 0.104 e. The van der Waals surface area contributed by atoms with Crippen molar-refractivity contribution in [3.05, 3.63) is 38.3 Å². The van der Waals surface area contributed by atoms with Crippen LogP contribution in [0.1, 0.15) is 47.9 Å². The van der Waals surface area contributed by atoms with Crippen LogP contribution in [-0.2, 0) is 13.0 Å². The Morgan fingerprint density at radius 1 is 1.63 bits per heavy atom. The molecule has 0 fully saturated rings. The standard InChI is InChI=1S/C14H17BrN2OS/c1-2-17-13(11(15)8-16-17)14(18)10-4-3-5-12-9(10)6-7-19-12/h6-8,10,14,18H,2-5H2,1H3. The summed E-state index contributed by atoms with van der Waals surface area (Å²) in [5, 5.41) is 17.3. The van der Waals surface area contributed by atoms with E-state index in [9.17, 15) is 5.11 Å².